The lowest BCUT2D eigenvalue weighted by atomic mass is 10.2. The summed E-state index contributed by atoms with van der Waals surface area (Å²) >= 11 is 0. The molecular formula is C8H3F4N. The van der Waals surface area contributed by atoms with Crippen molar-refractivity contribution in [3.05, 3.63) is 29.1 Å². The Morgan fingerprint density at radius 1 is 1.00 bits per heavy atom. The summed E-state index contributed by atoms with van der Waals surface area (Å²) in [7, 11) is 0. The van der Waals surface area contributed by atoms with E-state index in [2.05, 4.69) is 10.9 Å². The molecule has 1 rings (SSSR count). The molecule has 0 atom stereocenters. The molecule has 0 radical (unpaired) electrons. The van der Waals surface area contributed by atoms with Gasteiger partial charge in [0.25, 0.3) is 11.9 Å². The lowest BCUT2D eigenvalue weighted by molar-refractivity contribution is 0.404. The molecule has 0 saturated heterocycles. The van der Waals surface area contributed by atoms with Gasteiger partial charge < -0.3 is 0 Å². The van der Waals surface area contributed by atoms with E-state index in [9.17, 15) is 17.6 Å². The van der Waals surface area contributed by atoms with Gasteiger partial charge in [0.1, 0.15) is 5.56 Å². The Bertz CT molecular complexity index is 377. The van der Waals surface area contributed by atoms with Gasteiger partial charge in [-0.3, -0.25) is 0 Å². The standard InChI is InChI=1S/C8H3F4N/c1-2-3-4-5(9)7(11)13-8(12)6(4)10/h1H3. The molecule has 0 spiro atoms. The predicted octanol–water partition coefficient (Wildman–Crippen LogP) is 2.01. The molecule has 0 aromatic carbocycles. The molecule has 13 heavy (non-hydrogen) atoms. The monoisotopic (exact) mass is 189 g/mol. The van der Waals surface area contributed by atoms with E-state index >= 15 is 0 Å². The molecule has 0 fully saturated rings. The van der Waals surface area contributed by atoms with Crippen LogP contribution in [0.3, 0.4) is 0 Å². The van der Waals surface area contributed by atoms with Crippen LogP contribution in [-0.4, -0.2) is 4.98 Å². The summed E-state index contributed by atoms with van der Waals surface area (Å²) in [5.41, 5.74) is -0.937. The second kappa shape index (κ2) is 3.44. The fourth-order valence-electron chi connectivity index (χ4n) is 0.722. The lowest BCUT2D eigenvalue weighted by Gasteiger charge is -1.98. The van der Waals surface area contributed by atoms with Crippen LogP contribution in [0.2, 0.25) is 0 Å². The summed E-state index contributed by atoms with van der Waals surface area (Å²) < 4.78 is 50.1. The Morgan fingerprint density at radius 3 is 1.85 bits per heavy atom. The van der Waals surface area contributed by atoms with E-state index in [-0.39, 0.29) is 0 Å². The van der Waals surface area contributed by atoms with E-state index in [1.165, 1.54) is 6.92 Å². The Morgan fingerprint density at radius 2 is 1.46 bits per heavy atom. The minimum Gasteiger partial charge on any atom is -0.200 e. The number of hydrogen-bond donors (Lipinski definition) is 0. The molecule has 1 aromatic heterocycles. The Hall–Kier alpha value is -1.57. The van der Waals surface area contributed by atoms with E-state index in [4.69, 9.17) is 0 Å². The summed E-state index contributed by atoms with van der Waals surface area (Å²) in [6, 6.07) is 0. The fourth-order valence-corrected chi connectivity index (χ4v) is 0.722. The number of rotatable bonds is 0. The smallest absolute Gasteiger partial charge is 0.200 e. The van der Waals surface area contributed by atoms with Crippen molar-refractivity contribution < 1.29 is 17.6 Å². The van der Waals surface area contributed by atoms with Gasteiger partial charge in [0, 0.05) is 0 Å². The molecule has 0 aliphatic carbocycles. The molecule has 0 saturated carbocycles. The molecule has 1 aromatic rings. The summed E-state index contributed by atoms with van der Waals surface area (Å²) in [5.74, 6) is -2.51. The van der Waals surface area contributed by atoms with E-state index in [0.29, 0.717) is 0 Å². The van der Waals surface area contributed by atoms with Gasteiger partial charge >= 0.3 is 0 Å². The van der Waals surface area contributed by atoms with Crippen molar-refractivity contribution in [3.63, 3.8) is 0 Å². The van der Waals surface area contributed by atoms with Crippen molar-refractivity contribution in [3.8, 4) is 11.8 Å². The van der Waals surface area contributed by atoms with Crippen LogP contribution < -0.4 is 0 Å². The maximum atomic E-state index is 12.7. The van der Waals surface area contributed by atoms with Gasteiger partial charge in [0.15, 0.2) is 11.6 Å². The zero-order valence-corrected chi connectivity index (χ0v) is 6.46. The van der Waals surface area contributed by atoms with Gasteiger partial charge in [0.05, 0.1) is 0 Å². The quantitative estimate of drug-likeness (QED) is 0.345. The molecule has 0 unspecified atom stereocenters. The van der Waals surface area contributed by atoms with Gasteiger partial charge in [-0.1, -0.05) is 5.92 Å². The average molecular weight is 189 g/mol. The van der Waals surface area contributed by atoms with Crippen molar-refractivity contribution in [1.29, 1.82) is 0 Å². The highest BCUT2D eigenvalue weighted by molar-refractivity contribution is 5.35. The van der Waals surface area contributed by atoms with Gasteiger partial charge in [-0.15, -0.1) is 5.92 Å². The van der Waals surface area contributed by atoms with E-state index in [0.717, 1.165) is 0 Å². The topological polar surface area (TPSA) is 12.9 Å². The summed E-state index contributed by atoms with van der Waals surface area (Å²) in [4.78, 5) is 2.36. The number of pyridine rings is 1. The second-order valence-corrected chi connectivity index (χ2v) is 2.07. The maximum Gasteiger partial charge on any atom is 0.253 e. The second-order valence-electron chi connectivity index (χ2n) is 2.07. The highest BCUT2D eigenvalue weighted by Crippen LogP contribution is 2.15. The summed E-state index contributed by atoms with van der Waals surface area (Å²) in [6.45, 7) is 1.29. The van der Waals surface area contributed by atoms with Crippen LogP contribution in [0.4, 0.5) is 17.6 Å². The van der Waals surface area contributed by atoms with Crippen molar-refractivity contribution in [2.45, 2.75) is 6.92 Å². The number of aromatic nitrogens is 1. The Kier molecular flexibility index (Phi) is 2.52. The Balaban J connectivity index is 3.52. The van der Waals surface area contributed by atoms with E-state index in [1.54, 1.807) is 0 Å². The lowest BCUT2D eigenvalue weighted by Crippen LogP contribution is -2.03. The van der Waals surface area contributed by atoms with Crippen LogP contribution in [-0.2, 0) is 0 Å². The van der Waals surface area contributed by atoms with Gasteiger partial charge in [-0.2, -0.15) is 13.8 Å². The first-order valence-electron chi connectivity index (χ1n) is 3.20. The SMILES string of the molecule is CC#Cc1c(F)c(F)nc(F)c1F. The molecule has 1 nitrogen and oxygen atoms in total. The summed E-state index contributed by atoms with van der Waals surface area (Å²) in [6.07, 6.45) is 0. The third kappa shape index (κ3) is 1.61. The third-order valence-corrected chi connectivity index (χ3v) is 1.25. The molecule has 5 heteroatoms. The van der Waals surface area contributed by atoms with Crippen LogP contribution in [0.25, 0.3) is 0 Å². The molecule has 68 valence electrons. The van der Waals surface area contributed by atoms with Crippen molar-refractivity contribution in [2.75, 3.05) is 0 Å². The van der Waals surface area contributed by atoms with Crippen molar-refractivity contribution >= 4 is 0 Å². The highest BCUT2D eigenvalue weighted by atomic mass is 19.2. The molecule has 0 N–H and O–H groups in total. The molecule has 1 heterocycles. The number of halogens is 4. The van der Waals surface area contributed by atoms with E-state index in [1.807, 2.05) is 5.92 Å². The van der Waals surface area contributed by atoms with Gasteiger partial charge in [0.2, 0.25) is 0 Å². The predicted molar refractivity (Wildman–Crippen MR) is 36.6 cm³/mol. The third-order valence-electron chi connectivity index (χ3n) is 1.25. The average Bonchev–Trinajstić information content (AvgIpc) is 2.09. The van der Waals surface area contributed by atoms with Gasteiger partial charge in [-0.25, -0.2) is 8.78 Å². The van der Waals surface area contributed by atoms with E-state index < -0.39 is 29.1 Å². The first-order valence-corrected chi connectivity index (χ1v) is 3.20. The highest BCUT2D eigenvalue weighted by Gasteiger charge is 2.18. The summed E-state index contributed by atoms with van der Waals surface area (Å²) in [5, 5.41) is 0. The number of hydrogen-bond acceptors (Lipinski definition) is 1. The van der Waals surface area contributed by atoms with Crippen LogP contribution in [0.15, 0.2) is 0 Å². The molecule has 0 amide bonds. The normalized spacial score (nSPS) is 9.31. The molecule has 0 aliphatic rings. The fraction of sp³-hybridized carbons (Fsp3) is 0.125. The number of nitrogens with zero attached hydrogens (tertiary/aromatic N) is 1. The minimum absolute atomic E-state index is 0.937. The maximum absolute atomic E-state index is 12.7. The minimum atomic E-state index is -1.70. The van der Waals surface area contributed by atoms with Gasteiger partial charge in [-0.05, 0) is 6.92 Å². The largest absolute Gasteiger partial charge is 0.253 e. The van der Waals surface area contributed by atoms with Crippen LogP contribution in [0.5, 0.6) is 0 Å². The molecular weight excluding hydrogens is 186 g/mol. The molecule has 0 aliphatic heterocycles. The zero-order chi connectivity index (χ0) is 10.0. The molecule has 0 bridgehead atoms. The Labute approximate surface area is 71.4 Å². The van der Waals surface area contributed by atoms with Crippen LogP contribution in [0, 0.1) is 35.4 Å². The first-order chi connectivity index (χ1) is 6.07. The van der Waals surface area contributed by atoms with Crippen LogP contribution in [0.1, 0.15) is 12.5 Å². The first kappa shape index (κ1) is 9.52. The zero-order valence-electron chi connectivity index (χ0n) is 6.46. The van der Waals surface area contributed by atoms with Crippen LogP contribution >= 0.6 is 0 Å². The van der Waals surface area contributed by atoms with Crippen molar-refractivity contribution in [1.82, 2.24) is 4.98 Å². The van der Waals surface area contributed by atoms with Crippen molar-refractivity contribution in [2.24, 2.45) is 0 Å².